The summed E-state index contributed by atoms with van der Waals surface area (Å²) in [6.07, 6.45) is 4.60. The minimum absolute atomic E-state index is 0.129. The number of aliphatic carboxylic acids is 1. The van der Waals surface area contributed by atoms with Crippen LogP contribution in [0.2, 0.25) is 0 Å². The fraction of sp³-hybridized carbons (Fsp3) is 0.714. The largest absolute Gasteiger partial charge is 0.481 e. The van der Waals surface area contributed by atoms with Gasteiger partial charge in [-0.05, 0) is 12.8 Å². The molecule has 2 atom stereocenters. The number of carbonyl (C=O) groups is 2. The molecule has 0 aromatic heterocycles. The number of methoxy groups -OCH3 is 2. The van der Waals surface area contributed by atoms with Crippen molar-refractivity contribution < 1.29 is 24.2 Å². The number of carboxylic acids is 1. The Hall–Kier alpha value is -1.40. The Morgan fingerprint density at radius 2 is 1.60 bits per heavy atom. The molecule has 0 aromatic carbocycles. The van der Waals surface area contributed by atoms with Gasteiger partial charge >= 0.3 is 5.97 Å². The number of carboxylic acid groups (broad SMARTS) is 1. The van der Waals surface area contributed by atoms with E-state index in [1.807, 2.05) is 12.2 Å². The van der Waals surface area contributed by atoms with Crippen LogP contribution in [0.1, 0.15) is 12.8 Å². The van der Waals surface area contributed by atoms with Crippen molar-refractivity contribution in [2.24, 2.45) is 11.8 Å². The number of ether oxygens (including phenoxy) is 2. The van der Waals surface area contributed by atoms with E-state index >= 15 is 0 Å². The number of hydrogen-bond donors (Lipinski definition) is 1. The summed E-state index contributed by atoms with van der Waals surface area (Å²) in [6.45, 7) is 1.75. The lowest BCUT2D eigenvalue weighted by atomic mass is 9.82. The zero-order valence-corrected chi connectivity index (χ0v) is 12.1. The highest BCUT2D eigenvalue weighted by atomic mass is 16.5. The van der Waals surface area contributed by atoms with Gasteiger partial charge in [0, 0.05) is 27.3 Å². The Kier molecular flexibility index (Phi) is 7.25. The van der Waals surface area contributed by atoms with Crippen LogP contribution >= 0.6 is 0 Å². The molecular formula is C14H23NO5. The summed E-state index contributed by atoms with van der Waals surface area (Å²) in [7, 11) is 3.14. The van der Waals surface area contributed by atoms with Crippen LogP contribution in [-0.4, -0.2) is 62.4 Å². The van der Waals surface area contributed by atoms with Crippen LogP contribution in [0.3, 0.4) is 0 Å². The molecule has 1 N–H and O–H groups in total. The van der Waals surface area contributed by atoms with Crippen LogP contribution in [0.5, 0.6) is 0 Å². The molecular weight excluding hydrogens is 262 g/mol. The molecule has 0 unspecified atom stereocenters. The van der Waals surface area contributed by atoms with E-state index in [2.05, 4.69) is 0 Å². The quantitative estimate of drug-likeness (QED) is 0.667. The SMILES string of the molecule is COCCN(CCOC)C(=O)[C@@H]1CC=CC[C@@H]1C(=O)O. The molecule has 0 heterocycles. The summed E-state index contributed by atoms with van der Waals surface area (Å²) >= 11 is 0. The summed E-state index contributed by atoms with van der Waals surface area (Å²) in [5.74, 6) is -2.17. The highest BCUT2D eigenvalue weighted by Crippen LogP contribution is 2.27. The maximum atomic E-state index is 12.5. The average molecular weight is 285 g/mol. The maximum absolute atomic E-state index is 12.5. The average Bonchev–Trinajstić information content (AvgIpc) is 2.46. The molecule has 6 nitrogen and oxygen atoms in total. The van der Waals surface area contributed by atoms with Crippen LogP contribution < -0.4 is 0 Å². The van der Waals surface area contributed by atoms with Gasteiger partial charge in [-0.3, -0.25) is 9.59 Å². The van der Waals surface area contributed by atoms with Crippen LogP contribution in [0.15, 0.2) is 12.2 Å². The first-order chi connectivity index (χ1) is 9.61. The first kappa shape index (κ1) is 16.7. The van der Waals surface area contributed by atoms with Crippen LogP contribution in [0.4, 0.5) is 0 Å². The van der Waals surface area contributed by atoms with Crippen molar-refractivity contribution in [1.29, 1.82) is 0 Å². The third-order valence-electron chi connectivity index (χ3n) is 3.51. The third kappa shape index (κ3) is 4.61. The second kappa shape index (κ2) is 8.71. The molecule has 0 bridgehead atoms. The summed E-state index contributed by atoms with van der Waals surface area (Å²) in [4.78, 5) is 25.4. The second-order valence-corrected chi connectivity index (χ2v) is 4.80. The van der Waals surface area contributed by atoms with Crippen molar-refractivity contribution in [1.82, 2.24) is 4.90 Å². The van der Waals surface area contributed by atoms with E-state index in [0.29, 0.717) is 39.1 Å². The molecule has 0 aromatic rings. The molecule has 1 aliphatic rings. The van der Waals surface area contributed by atoms with Gasteiger partial charge < -0.3 is 19.5 Å². The minimum atomic E-state index is -0.911. The Labute approximate surface area is 119 Å². The molecule has 20 heavy (non-hydrogen) atoms. The molecule has 0 saturated carbocycles. The highest BCUT2D eigenvalue weighted by molar-refractivity contribution is 5.85. The molecule has 1 rings (SSSR count). The third-order valence-corrected chi connectivity index (χ3v) is 3.51. The van der Waals surface area contributed by atoms with E-state index in [1.54, 1.807) is 19.1 Å². The fourth-order valence-corrected chi connectivity index (χ4v) is 2.33. The molecule has 0 aliphatic heterocycles. The molecule has 0 fully saturated rings. The summed E-state index contributed by atoms with van der Waals surface area (Å²) in [5.41, 5.74) is 0. The molecule has 114 valence electrons. The fourth-order valence-electron chi connectivity index (χ4n) is 2.33. The standard InChI is InChI=1S/C14H23NO5/c1-19-9-7-15(8-10-20-2)13(16)11-5-3-4-6-12(11)14(17)18/h3-4,11-12H,5-10H2,1-2H3,(H,17,18)/t11-,12+/m1/s1. The molecule has 1 amide bonds. The smallest absolute Gasteiger partial charge is 0.307 e. The van der Waals surface area contributed by atoms with E-state index in [0.717, 1.165) is 0 Å². The van der Waals surface area contributed by atoms with E-state index in [4.69, 9.17) is 9.47 Å². The lowest BCUT2D eigenvalue weighted by Crippen LogP contribution is -2.44. The number of allylic oxidation sites excluding steroid dienone is 2. The Bertz CT molecular complexity index is 347. The van der Waals surface area contributed by atoms with Crippen LogP contribution in [0, 0.1) is 11.8 Å². The number of nitrogens with zero attached hydrogens (tertiary/aromatic N) is 1. The van der Waals surface area contributed by atoms with Crippen molar-refractivity contribution in [3.8, 4) is 0 Å². The predicted octanol–water partition coefficient (Wildman–Crippen LogP) is 0.775. The second-order valence-electron chi connectivity index (χ2n) is 4.80. The monoisotopic (exact) mass is 285 g/mol. The first-order valence-corrected chi connectivity index (χ1v) is 6.76. The summed E-state index contributed by atoms with van der Waals surface area (Å²) in [6, 6.07) is 0. The Balaban J connectivity index is 2.74. The highest BCUT2D eigenvalue weighted by Gasteiger charge is 2.36. The maximum Gasteiger partial charge on any atom is 0.307 e. The lowest BCUT2D eigenvalue weighted by molar-refractivity contribution is -0.151. The van der Waals surface area contributed by atoms with Crippen molar-refractivity contribution in [2.45, 2.75) is 12.8 Å². The normalized spacial score (nSPS) is 21.7. The van der Waals surface area contributed by atoms with E-state index in [1.165, 1.54) is 0 Å². The van der Waals surface area contributed by atoms with E-state index in [9.17, 15) is 14.7 Å². The molecule has 6 heteroatoms. The van der Waals surface area contributed by atoms with Gasteiger partial charge in [-0.25, -0.2) is 0 Å². The Morgan fingerprint density at radius 1 is 1.10 bits per heavy atom. The van der Waals surface area contributed by atoms with Crippen LogP contribution in [-0.2, 0) is 19.1 Å². The van der Waals surface area contributed by atoms with Crippen molar-refractivity contribution >= 4 is 11.9 Å². The van der Waals surface area contributed by atoms with E-state index < -0.39 is 17.8 Å². The van der Waals surface area contributed by atoms with Gasteiger partial charge in [0.2, 0.25) is 5.91 Å². The van der Waals surface area contributed by atoms with Gasteiger partial charge in [-0.2, -0.15) is 0 Å². The van der Waals surface area contributed by atoms with Gasteiger partial charge in [-0.1, -0.05) is 12.2 Å². The van der Waals surface area contributed by atoms with Gasteiger partial charge in [0.1, 0.15) is 0 Å². The topological polar surface area (TPSA) is 76.1 Å². The molecule has 1 aliphatic carbocycles. The zero-order chi connectivity index (χ0) is 15.0. The van der Waals surface area contributed by atoms with E-state index in [-0.39, 0.29) is 5.91 Å². The first-order valence-electron chi connectivity index (χ1n) is 6.76. The number of carbonyl (C=O) groups excluding carboxylic acids is 1. The van der Waals surface area contributed by atoms with Gasteiger partial charge in [-0.15, -0.1) is 0 Å². The van der Waals surface area contributed by atoms with Gasteiger partial charge in [0.05, 0.1) is 25.0 Å². The van der Waals surface area contributed by atoms with Crippen molar-refractivity contribution in [2.75, 3.05) is 40.5 Å². The zero-order valence-electron chi connectivity index (χ0n) is 12.1. The predicted molar refractivity (Wildman–Crippen MR) is 73.3 cm³/mol. The number of amides is 1. The van der Waals surface area contributed by atoms with Crippen LogP contribution in [0.25, 0.3) is 0 Å². The minimum Gasteiger partial charge on any atom is -0.481 e. The Morgan fingerprint density at radius 3 is 2.05 bits per heavy atom. The molecule has 0 radical (unpaired) electrons. The van der Waals surface area contributed by atoms with Crippen molar-refractivity contribution in [3.05, 3.63) is 12.2 Å². The summed E-state index contributed by atoms with van der Waals surface area (Å²) in [5, 5.41) is 9.24. The van der Waals surface area contributed by atoms with Gasteiger partial charge in [0.15, 0.2) is 0 Å². The molecule has 0 saturated heterocycles. The lowest BCUT2D eigenvalue weighted by Gasteiger charge is -2.30. The summed E-state index contributed by atoms with van der Waals surface area (Å²) < 4.78 is 10.00. The van der Waals surface area contributed by atoms with Gasteiger partial charge in [0.25, 0.3) is 0 Å². The number of hydrogen-bond acceptors (Lipinski definition) is 4. The molecule has 0 spiro atoms. The number of rotatable bonds is 8. The van der Waals surface area contributed by atoms with Crippen molar-refractivity contribution in [3.63, 3.8) is 0 Å².